The van der Waals surface area contributed by atoms with Gasteiger partial charge in [-0.15, -0.1) is 0 Å². The second-order valence-corrected chi connectivity index (χ2v) is 8.95. The van der Waals surface area contributed by atoms with Crippen molar-refractivity contribution in [3.8, 4) is 0 Å². The summed E-state index contributed by atoms with van der Waals surface area (Å²) in [4.78, 5) is 35.0. The van der Waals surface area contributed by atoms with Crippen molar-refractivity contribution in [1.82, 2.24) is 15.3 Å². The first-order valence-corrected chi connectivity index (χ1v) is 11.9. The third-order valence-corrected chi connectivity index (χ3v) is 5.79. The van der Waals surface area contributed by atoms with Crippen molar-refractivity contribution in [3.63, 3.8) is 0 Å². The molecule has 0 saturated carbocycles. The number of benzene rings is 2. The summed E-state index contributed by atoms with van der Waals surface area (Å²) in [6.45, 7) is 4.69. The number of carboxylic acid groups (broad SMARTS) is 1. The molecule has 0 bridgehead atoms. The van der Waals surface area contributed by atoms with E-state index in [4.69, 9.17) is 23.2 Å². The molecule has 1 atom stereocenters. The number of hydrogen-bond acceptors (Lipinski definition) is 5. The van der Waals surface area contributed by atoms with Gasteiger partial charge in [-0.3, -0.25) is 4.79 Å². The minimum absolute atomic E-state index is 0. The molecule has 0 spiro atoms. The molecule has 1 amide bonds. The Balaban J connectivity index is 0.00000481. The molecule has 188 valence electrons. The average molecular weight is 549 g/mol. The first kappa shape index (κ1) is 30.5. The molecule has 2 N–H and O–H groups in total. The normalized spacial score (nSPS) is 11.4. The fraction of sp³-hybridized carbons (Fsp3) is 0.185. The van der Waals surface area contributed by atoms with Crippen LogP contribution in [0.15, 0.2) is 78.6 Å². The molecule has 1 unspecified atom stereocenters. The van der Waals surface area contributed by atoms with E-state index in [1.54, 1.807) is 36.7 Å². The van der Waals surface area contributed by atoms with Gasteiger partial charge in [-0.2, -0.15) is 0 Å². The second kappa shape index (κ2) is 14.9. The van der Waals surface area contributed by atoms with Crippen molar-refractivity contribution < 1.29 is 14.7 Å². The zero-order valence-corrected chi connectivity index (χ0v) is 21.4. The molecule has 1 aromatic heterocycles. The zero-order valence-electron chi connectivity index (χ0n) is 19.9. The monoisotopic (exact) mass is 548 g/mol. The molecule has 0 saturated heterocycles. The van der Waals surface area contributed by atoms with E-state index in [1.807, 2.05) is 43.0 Å². The Hall–Kier alpha value is -2.68. The average Bonchev–Trinajstić information content (AvgIpc) is 2.84. The molecule has 0 fully saturated rings. The van der Waals surface area contributed by atoms with Gasteiger partial charge in [0.2, 0.25) is 5.95 Å². The van der Waals surface area contributed by atoms with Crippen LogP contribution in [0.25, 0.3) is 6.08 Å². The number of nitrogens with zero attached hydrogens (tertiary/aromatic N) is 3. The van der Waals surface area contributed by atoms with Gasteiger partial charge in [-0.1, -0.05) is 65.2 Å². The second-order valence-electron chi connectivity index (χ2n) is 8.13. The predicted octanol–water partition coefficient (Wildman–Crippen LogP) is 5.53. The first-order chi connectivity index (χ1) is 17.3. The van der Waals surface area contributed by atoms with E-state index in [2.05, 4.69) is 21.4 Å². The maximum atomic E-state index is 12.6. The third kappa shape index (κ3) is 8.98. The quantitative estimate of drug-likeness (QED) is 0.255. The number of allylic oxidation sites excluding steroid dienone is 1. The molecule has 0 aliphatic carbocycles. The van der Waals surface area contributed by atoms with Crippen LogP contribution in [0, 0.1) is 0 Å². The molecule has 1 heterocycles. The molecule has 37 heavy (non-hydrogen) atoms. The molecule has 0 radical (unpaired) electrons. The van der Waals surface area contributed by atoms with Gasteiger partial charge in [0.15, 0.2) is 0 Å². The number of anilines is 2. The number of nitrogens with one attached hydrogen (secondary N) is 1. The summed E-state index contributed by atoms with van der Waals surface area (Å²) in [5, 5.41) is 12.3. The van der Waals surface area contributed by atoms with Crippen molar-refractivity contribution in [2.24, 2.45) is 0 Å². The van der Waals surface area contributed by atoms with Crippen molar-refractivity contribution in [3.05, 3.63) is 99.8 Å². The van der Waals surface area contributed by atoms with Crippen LogP contribution in [-0.4, -0.2) is 69.1 Å². The zero-order chi connectivity index (χ0) is 26.1. The van der Waals surface area contributed by atoms with E-state index in [0.29, 0.717) is 12.5 Å². The number of aromatic nitrogens is 2. The van der Waals surface area contributed by atoms with E-state index in [-0.39, 0.29) is 51.6 Å². The van der Waals surface area contributed by atoms with Crippen LogP contribution in [0.5, 0.6) is 0 Å². The molecule has 2 aromatic carbocycles. The van der Waals surface area contributed by atoms with Crippen LogP contribution >= 0.6 is 23.2 Å². The molecular weight excluding hydrogens is 522 g/mol. The van der Waals surface area contributed by atoms with Crippen molar-refractivity contribution >= 4 is 82.3 Å². The summed E-state index contributed by atoms with van der Waals surface area (Å²) in [6.07, 6.45) is 9.08. The van der Waals surface area contributed by atoms with Crippen LogP contribution in [0.4, 0.5) is 11.6 Å². The summed E-state index contributed by atoms with van der Waals surface area (Å²) in [7, 11) is 0. The molecule has 0 aliphatic heterocycles. The molecule has 0 aliphatic rings. The van der Waals surface area contributed by atoms with Crippen LogP contribution < -0.4 is 10.2 Å². The number of halogens is 2. The molecule has 10 heteroatoms. The maximum absolute atomic E-state index is 12.6. The van der Waals surface area contributed by atoms with E-state index in [9.17, 15) is 14.7 Å². The first-order valence-electron chi connectivity index (χ1n) is 11.2. The number of amides is 1. The van der Waals surface area contributed by atoms with Gasteiger partial charge in [0.05, 0.1) is 15.6 Å². The Morgan fingerprint density at radius 1 is 1.03 bits per heavy atom. The van der Waals surface area contributed by atoms with Gasteiger partial charge in [0.1, 0.15) is 6.04 Å². The van der Waals surface area contributed by atoms with Crippen molar-refractivity contribution in [2.45, 2.75) is 26.3 Å². The van der Waals surface area contributed by atoms with Gasteiger partial charge >= 0.3 is 35.5 Å². The van der Waals surface area contributed by atoms with Crippen LogP contribution in [0.1, 0.15) is 36.2 Å². The van der Waals surface area contributed by atoms with E-state index >= 15 is 0 Å². The summed E-state index contributed by atoms with van der Waals surface area (Å²) in [5.41, 5.74) is 3.03. The number of carbonyl (C=O) groups excluding carboxylic acids is 1. The van der Waals surface area contributed by atoms with Crippen LogP contribution in [0.2, 0.25) is 10.0 Å². The Morgan fingerprint density at radius 2 is 1.65 bits per heavy atom. The summed E-state index contributed by atoms with van der Waals surface area (Å²) in [5.74, 6) is -1.21. The number of rotatable bonds is 10. The summed E-state index contributed by atoms with van der Waals surface area (Å²) in [6, 6.07) is 13.0. The number of aliphatic carboxylic acids is 1. The van der Waals surface area contributed by atoms with Gasteiger partial charge < -0.3 is 15.3 Å². The molecular formula is C27H27Cl2N4NaO3. The Bertz CT molecular complexity index is 1240. The third-order valence-electron chi connectivity index (χ3n) is 5.16. The topological polar surface area (TPSA) is 95.4 Å². The van der Waals surface area contributed by atoms with Gasteiger partial charge in [0.25, 0.3) is 5.91 Å². The Labute approximate surface area is 248 Å². The van der Waals surface area contributed by atoms with E-state index in [1.165, 1.54) is 17.7 Å². The van der Waals surface area contributed by atoms with Crippen molar-refractivity contribution in [1.29, 1.82) is 0 Å². The Morgan fingerprint density at radius 3 is 2.22 bits per heavy atom. The van der Waals surface area contributed by atoms with Crippen LogP contribution in [0.3, 0.4) is 0 Å². The fourth-order valence-electron chi connectivity index (χ4n) is 3.28. The molecule has 3 aromatic rings. The summed E-state index contributed by atoms with van der Waals surface area (Å²) >= 11 is 12.1. The molecule has 3 rings (SSSR count). The number of carboxylic acids is 1. The van der Waals surface area contributed by atoms with Gasteiger partial charge in [-0.05, 0) is 56.2 Å². The fourth-order valence-corrected chi connectivity index (χ4v) is 3.85. The SMILES string of the molecule is CC(C)=CCN(c1ccc(/C=C/CC(NC(=O)c2c(Cl)cccc2Cl)C(=O)O)cc1)c1ncccn1.[NaH]. The van der Waals surface area contributed by atoms with Gasteiger partial charge in [0, 0.05) is 24.6 Å². The standard InChI is InChI=1S/C27H26Cl2N4O3.Na.H/c1-18(2)14-17-33(27-30-15-5-16-31-27)20-12-10-19(11-13-20)6-3-9-23(26(35)36)32-25(34)24-21(28)7-4-8-22(24)29;;/h3-8,10-16,23H,9,17H2,1-2H3,(H,32,34)(H,35,36);;/b6-3+;;. The number of hydrogen-bond donors (Lipinski definition) is 2. The Kier molecular flexibility index (Phi) is 12.3. The van der Waals surface area contributed by atoms with E-state index in [0.717, 1.165) is 11.3 Å². The predicted molar refractivity (Wildman–Crippen MR) is 151 cm³/mol. The summed E-state index contributed by atoms with van der Waals surface area (Å²) < 4.78 is 0. The van der Waals surface area contributed by atoms with E-state index < -0.39 is 17.9 Å². The minimum atomic E-state index is -1.16. The number of carbonyl (C=O) groups is 2. The van der Waals surface area contributed by atoms with Gasteiger partial charge in [-0.25, -0.2) is 14.8 Å². The molecule has 7 nitrogen and oxygen atoms in total. The van der Waals surface area contributed by atoms with Crippen LogP contribution in [-0.2, 0) is 4.79 Å². The van der Waals surface area contributed by atoms with Crippen molar-refractivity contribution in [2.75, 3.05) is 11.4 Å².